The van der Waals surface area contributed by atoms with E-state index in [1.54, 1.807) is 37.2 Å². The maximum absolute atomic E-state index is 12.3. The monoisotopic (exact) mass is 248 g/mol. The van der Waals surface area contributed by atoms with Crippen molar-refractivity contribution < 1.29 is 9.59 Å². The third-order valence-corrected chi connectivity index (χ3v) is 3.03. The molecule has 96 valence electrons. The molecule has 2 heterocycles. The summed E-state index contributed by atoms with van der Waals surface area (Å²) >= 11 is 0. The van der Waals surface area contributed by atoms with E-state index in [0.717, 1.165) is 5.69 Å². The highest BCUT2D eigenvalue weighted by Crippen LogP contribution is 2.12. The van der Waals surface area contributed by atoms with Gasteiger partial charge in [0, 0.05) is 32.0 Å². The molecule has 1 aromatic heterocycles. The van der Waals surface area contributed by atoms with Crippen LogP contribution < -0.4 is 10.6 Å². The minimum atomic E-state index is -0.453. The molecule has 1 saturated heterocycles. The Morgan fingerprint density at radius 2 is 2.39 bits per heavy atom. The molecule has 1 atom stereocenters. The Labute approximate surface area is 105 Å². The second-order valence-electron chi connectivity index (χ2n) is 4.15. The molecule has 1 aliphatic rings. The highest BCUT2D eigenvalue weighted by atomic mass is 16.2. The van der Waals surface area contributed by atoms with Crippen LogP contribution in [0.15, 0.2) is 18.3 Å². The van der Waals surface area contributed by atoms with E-state index in [2.05, 4.69) is 15.6 Å². The van der Waals surface area contributed by atoms with Gasteiger partial charge in [0.15, 0.2) is 0 Å². The average molecular weight is 248 g/mol. The molecule has 18 heavy (non-hydrogen) atoms. The van der Waals surface area contributed by atoms with Crippen molar-refractivity contribution in [1.82, 2.24) is 15.2 Å². The Morgan fingerprint density at radius 1 is 1.61 bits per heavy atom. The number of amides is 2. The zero-order valence-corrected chi connectivity index (χ0v) is 10.4. The van der Waals surface area contributed by atoms with Gasteiger partial charge in [-0.05, 0) is 19.1 Å². The highest BCUT2D eigenvalue weighted by molar-refractivity contribution is 5.97. The van der Waals surface area contributed by atoms with Gasteiger partial charge in [-0.25, -0.2) is 0 Å². The molecule has 2 N–H and O–H groups in total. The van der Waals surface area contributed by atoms with Crippen LogP contribution in [0.3, 0.4) is 0 Å². The standard InChI is InChI=1S/C12H16N4O2/c1-8-11(17)15-5-6-16(8)12(18)10-7-9(13-2)3-4-14-10/h3-4,7-8H,5-6H2,1-2H3,(H,13,14)(H,15,17). The van der Waals surface area contributed by atoms with Crippen LogP contribution in [-0.2, 0) is 4.79 Å². The van der Waals surface area contributed by atoms with E-state index in [-0.39, 0.29) is 11.8 Å². The molecule has 0 bridgehead atoms. The molecule has 1 aliphatic heterocycles. The third-order valence-electron chi connectivity index (χ3n) is 3.03. The van der Waals surface area contributed by atoms with Gasteiger partial charge in [-0.15, -0.1) is 0 Å². The molecule has 1 unspecified atom stereocenters. The maximum Gasteiger partial charge on any atom is 0.273 e. The number of nitrogens with zero attached hydrogens (tertiary/aromatic N) is 2. The molecule has 0 spiro atoms. The lowest BCUT2D eigenvalue weighted by Crippen LogP contribution is -2.55. The fourth-order valence-electron chi connectivity index (χ4n) is 1.91. The molecule has 1 aromatic rings. The topological polar surface area (TPSA) is 74.3 Å². The summed E-state index contributed by atoms with van der Waals surface area (Å²) < 4.78 is 0. The van der Waals surface area contributed by atoms with Crippen molar-refractivity contribution in [3.8, 4) is 0 Å². The van der Waals surface area contributed by atoms with Crippen molar-refractivity contribution >= 4 is 17.5 Å². The number of anilines is 1. The molecule has 0 radical (unpaired) electrons. The molecule has 0 aromatic carbocycles. The van der Waals surface area contributed by atoms with Crippen LogP contribution in [0.4, 0.5) is 5.69 Å². The third kappa shape index (κ3) is 2.27. The zero-order chi connectivity index (χ0) is 13.1. The van der Waals surface area contributed by atoms with Crippen molar-refractivity contribution in [3.05, 3.63) is 24.0 Å². The van der Waals surface area contributed by atoms with Crippen LogP contribution in [0.2, 0.25) is 0 Å². The highest BCUT2D eigenvalue weighted by Gasteiger charge is 2.30. The summed E-state index contributed by atoms with van der Waals surface area (Å²) in [6, 6.07) is 3.01. The Bertz CT molecular complexity index is 475. The Balaban J connectivity index is 2.22. The summed E-state index contributed by atoms with van der Waals surface area (Å²) in [6.45, 7) is 2.71. The lowest BCUT2D eigenvalue weighted by Gasteiger charge is -2.32. The number of piperazine rings is 1. The minimum absolute atomic E-state index is 0.126. The number of hydrogen-bond donors (Lipinski definition) is 2. The maximum atomic E-state index is 12.3. The Morgan fingerprint density at radius 3 is 3.11 bits per heavy atom. The van der Waals surface area contributed by atoms with Crippen molar-refractivity contribution in [3.63, 3.8) is 0 Å². The van der Waals surface area contributed by atoms with E-state index in [0.29, 0.717) is 18.8 Å². The second-order valence-corrected chi connectivity index (χ2v) is 4.15. The quantitative estimate of drug-likeness (QED) is 0.777. The summed E-state index contributed by atoms with van der Waals surface area (Å²) in [6.07, 6.45) is 1.58. The molecule has 2 rings (SSSR count). The van der Waals surface area contributed by atoms with E-state index in [9.17, 15) is 9.59 Å². The van der Waals surface area contributed by atoms with Crippen LogP contribution in [0.25, 0.3) is 0 Å². The number of carbonyl (C=O) groups excluding carboxylic acids is 2. The van der Waals surface area contributed by atoms with Gasteiger partial charge in [0.1, 0.15) is 11.7 Å². The van der Waals surface area contributed by atoms with E-state index < -0.39 is 6.04 Å². The summed E-state index contributed by atoms with van der Waals surface area (Å²) in [5, 5.41) is 5.68. The van der Waals surface area contributed by atoms with E-state index in [1.807, 2.05) is 0 Å². The predicted octanol–water partition coefficient (Wildman–Crippen LogP) is 0.0838. The average Bonchev–Trinajstić information content (AvgIpc) is 2.41. The summed E-state index contributed by atoms with van der Waals surface area (Å²) in [5.74, 6) is -0.339. The molecule has 1 fully saturated rings. The summed E-state index contributed by atoms with van der Waals surface area (Å²) in [5.41, 5.74) is 1.17. The molecule has 0 aliphatic carbocycles. The molecule has 6 nitrogen and oxygen atoms in total. The Kier molecular flexibility index (Phi) is 3.45. The lowest BCUT2D eigenvalue weighted by molar-refractivity contribution is -0.127. The number of pyridine rings is 1. The SMILES string of the molecule is CNc1ccnc(C(=O)N2CCNC(=O)C2C)c1. The molecule has 0 saturated carbocycles. The van der Waals surface area contributed by atoms with Gasteiger partial charge >= 0.3 is 0 Å². The molecule has 2 amide bonds. The summed E-state index contributed by atoms with van der Waals surface area (Å²) in [4.78, 5) is 29.4. The second kappa shape index (κ2) is 5.03. The van der Waals surface area contributed by atoms with Gasteiger partial charge in [-0.3, -0.25) is 14.6 Å². The van der Waals surface area contributed by atoms with Gasteiger partial charge in [0.25, 0.3) is 5.91 Å². The van der Waals surface area contributed by atoms with Crippen molar-refractivity contribution in [2.45, 2.75) is 13.0 Å². The van der Waals surface area contributed by atoms with Crippen LogP contribution in [0.1, 0.15) is 17.4 Å². The van der Waals surface area contributed by atoms with Gasteiger partial charge < -0.3 is 15.5 Å². The lowest BCUT2D eigenvalue weighted by atomic mass is 10.2. The largest absolute Gasteiger partial charge is 0.388 e. The smallest absolute Gasteiger partial charge is 0.273 e. The van der Waals surface area contributed by atoms with Crippen molar-refractivity contribution in [2.24, 2.45) is 0 Å². The fraction of sp³-hybridized carbons (Fsp3) is 0.417. The van der Waals surface area contributed by atoms with Gasteiger partial charge in [-0.2, -0.15) is 0 Å². The first-order chi connectivity index (χ1) is 8.63. The minimum Gasteiger partial charge on any atom is -0.388 e. The van der Waals surface area contributed by atoms with E-state index in [4.69, 9.17) is 0 Å². The zero-order valence-electron chi connectivity index (χ0n) is 10.4. The number of carbonyl (C=O) groups is 2. The van der Waals surface area contributed by atoms with Crippen LogP contribution in [0, 0.1) is 0 Å². The molecular formula is C12H16N4O2. The van der Waals surface area contributed by atoms with Crippen molar-refractivity contribution in [1.29, 1.82) is 0 Å². The number of hydrogen-bond acceptors (Lipinski definition) is 4. The number of aromatic nitrogens is 1. The van der Waals surface area contributed by atoms with Crippen LogP contribution >= 0.6 is 0 Å². The van der Waals surface area contributed by atoms with Crippen LogP contribution in [-0.4, -0.2) is 47.9 Å². The van der Waals surface area contributed by atoms with E-state index >= 15 is 0 Å². The first-order valence-corrected chi connectivity index (χ1v) is 5.86. The predicted molar refractivity (Wildman–Crippen MR) is 67.3 cm³/mol. The molecular weight excluding hydrogens is 232 g/mol. The summed E-state index contributed by atoms with van der Waals surface area (Å²) in [7, 11) is 1.78. The fourth-order valence-corrected chi connectivity index (χ4v) is 1.91. The first-order valence-electron chi connectivity index (χ1n) is 5.86. The van der Waals surface area contributed by atoms with Crippen molar-refractivity contribution in [2.75, 3.05) is 25.5 Å². The first kappa shape index (κ1) is 12.3. The number of nitrogens with one attached hydrogen (secondary N) is 2. The number of rotatable bonds is 2. The van der Waals surface area contributed by atoms with Gasteiger partial charge in [0.2, 0.25) is 5.91 Å². The van der Waals surface area contributed by atoms with E-state index in [1.165, 1.54) is 0 Å². The Hall–Kier alpha value is -2.11. The van der Waals surface area contributed by atoms with Gasteiger partial charge in [-0.1, -0.05) is 0 Å². The molecule has 6 heteroatoms. The van der Waals surface area contributed by atoms with Gasteiger partial charge in [0.05, 0.1) is 0 Å². The normalized spacial score (nSPS) is 19.3. The van der Waals surface area contributed by atoms with Crippen LogP contribution in [0.5, 0.6) is 0 Å².